The molecule has 0 aromatic carbocycles. The van der Waals surface area contributed by atoms with Crippen LogP contribution in [0.1, 0.15) is 34.1 Å². The van der Waals surface area contributed by atoms with Gasteiger partial charge in [0.05, 0.1) is 5.84 Å². The predicted molar refractivity (Wildman–Crippen MR) is 63.5 cm³/mol. The fourth-order valence-corrected chi connectivity index (χ4v) is 1.66. The smallest absolute Gasteiger partial charge is 0.0966 e. The molecule has 0 aliphatic carbocycles. The highest BCUT2D eigenvalue weighted by Gasteiger charge is 2.03. The van der Waals surface area contributed by atoms with Crippen molar-refractivity contribution in [3.63, 3.8) is 0 Å². The molecule has 78 valence electrons. The van der Waals surface area contributed by atoms with Crippen LogP contribution < -0.4 is 5.73 Å². The van der Waals surface area contributed by atoms with Crippen molar-refractivity contribution in [1.82, 2.24) is 0 Å². The summed E-state index contributed by atoms with van der Waals surface area (Å²) in [6, 6.07) is 0.376. The van der Waals surface area contributed by atoms with Gasteiger partial charge < -0.3 is 5.73 Å². The maximum atomic E-state index is 5.76. The maximum absolute atomic E-state index is 5.76. The molecule has 2 N–H and O–H groups in total. The van der Waals surface area contributed by atoms with Gasteiger partial charge in [-0.05, 0) is 24.9 Å². The van der Waals surface area contributed by atoms with Gasteiger partial charge >= 0.3 is 0 Å². The van der Waals surface area contributed by atoms with Gasteiger partial charge in [0, 0.05) is 12.0 Å². The molecule has 0 heterocycles. The van der Waals surface area contributed by atoms with Crippen LogP contribution in [0.3, 0.4) is 0 Å². The summed E-state index contributed by atoms with van der Waals surface area (Å²) in [4.78, 5) is 4.43. The zero-order valence-electron chi connectivity index (χ0n) is 9.21. The Morgan fingerprint density at radius 2 is 2.00 bits per heavy atom. The zero-order valence-corrected chi connectivity index (χ0v) is 10.0. The molecule has 3 heteroatoms. The summed E-state index contributed by atoms with van der Waals surface area (Å²) in [5, 5.41) is 0. The van der Waals surface area contributed by atoms with Crippen LogP contribution >= 0.6 is 11.8 Å². The van der Waals surface area contributed by atoms with E-state index in [2.05, 4.69) is 32.7 Å². The van der Waals surface area contributed by atoms with Crippen LogP contribution in [0.4, 0.5) is 0 Å². The average Bonchev–Trinajstić information content (AvgIpc) is 2.04. The van der Waals surface area contributed by atoms with Gasteiger partial charge in [-0.25, -0.2) is 0 Å². The highest BCUT2D eigenvalue weighted by molar-refractivity contribution is 7.99. The van der Waals surface area contributed by atoms with E-state index in [1.165, 1.54) is 11.5 Å². The third-order valence-corrected chi connectivity index (χ3v) is 2.78. The van der Waals surface area contributed by atoms with Crippen molar-refractivity contribution < 1.29 is 0 Å². The SMILES string of the molecule is CCSCCC(C)N=C(N)C(C)C. The molecule has 0 saturated heterocycles. The molecule has 1 unspecified atom stereocenters. The lowest BCUT2D eigenvalue weighted by Gasteiger charge is -2.09. The Kier molecular flexibility index (Phi) is 7.14. The molecule has 0 bridgehead atoms. The van der Waals surface area contributed by atoms with E-state index in [4.69, 9.17) is 5.73 Å². The van der Waals surface area contributed by atoms with Crippen LogP contribution in [0.2, 0.25) is 0 Å². The Labute approximate surface area is 86.4 Å². The van der Waals surface area contributed by atoms with Crippen molar-refractivity contribution in [2.75, 3.05) is 11.5 Å². The molecule has 1 atom stereocenters. The van der Waals surface area contributed by atoms with Crippen molar-refractivity contribution in [3.05, 3.63) is 0 Å². The van der Waals surface area contributed by atoms with Crippen molar-refractivity contribution in [1.29, 1.82) is 0 Å². The van der Waals surface area contributed by atoms with E-state index in [1.807, 2.05) is 11.8 Å². The average molecular weight is 202 g/mol. The molecule has 0 fully saturated rings. The number of aliphatic imine (C=N–C) groups is 1. The Morgan fingerprint density at radius 3 is 2.46 bits per heavy atom. The molecular weight excluding hydrogens is 180 g/mol. The van der Waals surface area contributed by atoms with E-state index in [9.17, 15) is 0 Å². The Bertz CT molecular complexity index is 155. The molecule has 0 aliphatic rings. The van der Waals surface area contributed by atoms with E-state index >= 15 is 0 Å². The second kappa shape index (κ2) is 7.25. The van der Waals surface area contributed by atoms with Crippen molar-refractivity contribution in [3.8, 4) is 0 Å². The first-order chi connectivity index (χ1) is 6.07. The Hall–Kier alpha value is -0.180. The third kappa shape index (κ3) is 6.94. The lowest BCUT2D eigenvalue weighted by Crippen LogP contribution is -2.21. The second-order valence-electron chi connectivity index (χ2n) is 3.54. The molecule has 0 amide bonds. The molecule has 0 saturated carbocycles. The minimum absolute atomic E-state index is 0.376. The second-order valence-corrected chi connectivity index (χ2v) is 4.94. The van der Waals surface area contributed by atoms with E-state index < -0.39 is 0 Å². The third-order valence-electron chi connectivity index (χ3n) is 1.85. The van der Waals surface area contributed by atoms with Crippen molar-refractivity contribution >= 4 is 17.6 Å². The largest absolute Gasteiger partial charge is 0.387 e. The summed E-state index contributed by atoms with van der Waals surface area (Å²) in [5.41, 5.74) is 5.76. The first-order valence-corrected chi connectivity index (χ1v) is 6.14. The number of thioether (sulfide) groups is 1. The number of hydrogen-bond acceptors (Lipinski definition) is 2. The van der Waals surface area contributed by atoms with Crippen LogP contribution in [0.15, 0.2) is 4.99 Å². The van der Waals surface area contributed by atoms with Gasteiger partial charge in [0.25, 0.3) is 0 Å². The van der Waals surface area contributed by atoms with Gasteiger partial charge in [-0.2, -0.15) is 11.8 Å². The van der Waals surface area contributed by atoms with Gasteiger partial charge in [0.2, 0.25) is 0 Å². The highest BCUT2D eigenvalue weighted by atomic mass is 32.2. The molecule has 0 aromatic heterocycles. The lowest BCUT2D eigenvalue weighted by molar-refractivity contribution is 0.708. The number of nitrogens with two attached hydrogens (primary N) is 1. The van der Waals surface area contributed by atoms with E-state index in [-0.39, 0.29) is 0 Å². The molecule has 0 aliphatic heterocycles. The molecular formula is C10H22N2S. The molecule has 2 nitrogen and oxygen atoms in total. The van der Waals surface area contributed by atoms with Gasteiger partial charge in [0.1, 0.15) is 0 Å². The van der Waals surface area contributed by atoms with Crippen molar-refractivity contribution in [2.45, 2.75) is 40.2 Å². The predicted octanol–water partition coefficient (Wildman–Crippen LogP) is 2.53. The monoisotopic (exact) mass is 202 g/mol. The molecule has 0 aromatic rings. The molecule has 0 rings (SSSR count). The first-order valence-electron chi connectivity index (χ1n) is 4.98. The number of nitrogens with zero attached hydrogens (tertiary/aromatic N) is 1. The van der Waals surface area contributed by atoms with Crippen molar-refractivity contribution in [2.24, 2.45) is 16.6 Å². The fourth-order valence-electron chi connectivity index (χ4n) is 0.866. The summed E-state index contributed by atoms with van der Waals surface area (Å²) in [7, 11) is 0. The van der Waals surface area contributed by atoms with Crippen LogP contribution in [-0.4, -0.2) is 23.4 Å². The Balaban J connectivity index is 3.71. The maximum Gasteiger partial charge on any atom is 0.0966 e. The zero-order chi connectivity index (χ0) is 10.3. The molecule has 13 heavy (non-hydrogen) atoms. The van der Waals surface area contributed by atoms with Crippen LogP contribution in [0.5, 0.6) is 0 Å². The van der Waals surface area contributed by atoms with Gasteiger partial charge in [-0.3, -0.25) is 4.99 Å². The highest BCUT2D eigenvalue weighted by Crippen LogP contribution is 2.07. The van der Waals surface area contributed by atoms with E-state index in [0.717, 1.165) is 12.3 Å². The fraction of sp³-hybridized carbons (Fsp3) is 0.900. The first kappa shape index (κ1) is 12.8. The number of hydrogen-bond donors (Lipinski definition) is 1. The summed E-state index contributed by atoms with van der Waals surface area (Å²) >= 11 is 1.96. The topological polar surface area (TPSA) is 38.4 Å². The number of rotatable bonds is 6. The summed E-state index contributed by atoms with van der Waals surface area (Å²) in [6.07, 6.45) is 1.13. The normalized spacial score (nSPS) is 15.0. The number of amidine groups is 1. The lowest BCUT2D eigenvalue weighted by atomic mass is 10.2. The molecule has 0 spiro atoms. The summed E-state index contributed by atoms with van der Waals surface area (Å²) < 4.78 is 0. The minimum atomic E-state index is 0.376. The van der Waals surface area contributed by atoms with Gasteiger partial charge in [0.15, 0.2) is 0 Å². The molecule has 0 radical (unpaired) electrons. The quantitative estimate of drug-likeness (QED) is 0.408. The minimum Gasteiger partial charge on any atom is -0.387 e. The van der Waals surface area contributed by atoms with Gasteiger partial charge in [-0.1, -0.05) is 20.8 Å². The van der Waals surface area contributed by atoms with Crippen LogP contribution in [0, 0.1) is 5.92 Å². The standard InChI is InChI=1S/C10H22N2S/c1-5-13-7-6-9(4)12-10(11)8(2)3/h8-9H,5-7H2,1-4H3,(H2,11,12). The Morgan fingerprint density at radius 1 is 1.38 bits per heavy atom. The van der Waals surface area contributed by atoms with Crippen LogP contribution in [0.25, 0.3) is 0 Å². The van der Waals surface area contributed by atoms with Crippen LogP contribution in [-0.2, 0) is 0 Å². The van der Waals surface area contributed by atoms with E-state index in [0.29, 0.717) is 12.0 Å². The van der Waals surface area contributed by atoms with Gasteiger partial charge in [-0.15, -0.1) is 0 Å². The summed E-state index contributed by atoms with van der Waals surface area (Å²) in [6.45, 7) is 8.46. The summed E-state index contributed by atoms with van der Waals surface area (Å²) in [5.74, 6) is 3.54. The van der Waals surface area contributed by atoms with E-state index in [1.54, 1.807) is 0 Å².